The predicted octanol–water partition coefficient (Wildman–Crippen LogP) is 7.07. The molecule has 196 valence electrons. The molecule has 0 bridgehead atoms. The van der Waals surface area contributed by atoms with Gasteiger partial charge in [0.15, 0.2) is 5.75 Å². The molecule has 11 heteroatoms. The molecule has 0 unspecified atom stereocenters. The lowest BCUT2D eigenvalue weighted by Crippen LogP contribution is -2.12. The summed E-state index contributed by atoms with van der Waals surface area (Å²) >= 11 is 6.03. The van der Waals surface area contributed by atoms with E-state index in [4.69, 9.17) is 16.3 Å². The van der Waals surface area contributed by atoms with E-state index in [1.165, 1.54) is 6.07 Å². The fraction of sp³-hybridized carbons (Fsp3) is 0.148. The largest absolute Gasteiger partial charge is 0.505 e. The molecule has 3 N–H and O–H groups in total. The number of rotatable bonds is 8. The first-order valence-electron chi connectivity index (χ1n) is 11.6. The number of anilines is 1. The second-order valence-electron chi connectivity index (χ2n) is 8.20. The second kappa shape index (κ2) is 11.2. The number of hydrogen-bond acceptors (Lipinski definition) is 7. The van der Waals surface area contributed by atoms with E-state index < -0.39 is 26.7 Å². The number of halogens is 1. The highest BCUT2D eigenvalue weighted by molar-refractivity contribution is 7.86. The SMILES string of the molecule is CCOc1cccc(NC(=O)c2cc3ccccc3c(N=Nc3cc(S(=O)(=O)O)c(Cl)cc3CC)c2O)c1. The molecule has 4 rings (SSSR count). The van der Waals surface area contributed by atoms with Gasteiger partial charge in [0.05, 0.1) is 22.9 Å². The van der Waals surface area contributed by atoms with Crippen molar-refractivity contribution in [1.82, 2.24) is 0 Å². The van der Waals surface area contributed by atoms with Crippen LogP contribution >= 0.6 is 11.6 Å². The van der Waals surface area contributed by atoms with Crippen LogP contribution in [0.1, 0.15) is 29.8 Å². The molecule has 0 heterocycles. The highest BCUT2D eigenvalue weighted by atomic mass is 35.5. The third-order valence-electron chi connectivity index (χ3n) is 5.69. The number of carbonyl (C=O) groups excluding carboxylic acids is 1. The van der Waals surface area contributed by atoms with E-state index in [1.807, 2.05) is 13.8 Å². The molecule has 0 aromatic heterocycles. The van der Waals surface area contributed by atoms with Gasteiger partial charge in [0.25, 0.3) is 16.0 Å². The van der Waals surface area contributed by atoms with E-state index in [2.05, 4.69) is 15.5 Å². The average Bonchev–Trinajstić information content (AvgIpc) is 2.88. The number of nitrogens with one attached hydrogen (secondary N) is 1. The smallest absolute Gasteiger partial charge is 0.296 e. The first-order valence-corrected chi connectivity index (χ1v) is 13.4. The van der Waals surface area contributed by atoms with Gasteiger partial charge in [0, 0.05) is 17.1 Å². The topological polar surface area (TPSA) is 138 Å². The quantitative estimate of drug-likeness (QED) is 0.157. The van der Waals surface area contributed by atoms with Crippen LogP contribution in [0.4, 0.5) is 17.1 Å². The molecule has 38 heavy (non-hydrogen) atoms. The highest BCUT2D eigenvalue weighted by Crippen LogP contribution is 2.40. The number of phenols is 1. The van der Waals surface area contributed by atoms with Gasteiger partial charge in [-0.05, 0) is 54.6 Å². The third kappa shape index (κ3) is 5.77. The molecule has 0 saturated carbocycles. The van der Waals surface area contributed by atoms with Crippen LogP contribution in [0.25, 0.3) is 10.8 Å². The number of fused-ring (bicyclic) bond motifs is 1. The van der Waals surface area contributed by atoms with Crippen LogP contribution in [-0.4, -0.2) is 30.6 Å². The Bertz CT molecular complexity index is 1670. The van der Waals surface area contributed by atoms with E-state index in [1.54, 1.807) is 54.6 Å². The van der Waals surface area contributed by atoms with Crippen molar-refractivity contribution in [2.45, 2.75) is 25.2 Å². The maximum atomic E-state index is 13.2. The van der Waals surface area contributed by atoms with Gasteiger partial charge in [0.1, 0.15) is 16.3 Å². The van der Waals surface area contributed by atoms with E-state index in [0.717, 1.165) is 6.07 Å². The summed E-state index contributed by atoms with van der Waals surface area (Å²) in [4.78, 5) is 12.7. The number of carbonyl (C=O) groups is 1. The van der Waals surface area contributed by atoms with E-state index in [9.17, 15) is 22.9 Å². The first-order chi connectivity index (χ1) is 18.1. The minimum absolute atomic E-state index is 0.0155. The lowest BCUT2D eigenvalue weighted by molar-refractivity contribution is 0.102. The van der Waals surface area contributed by atoms with Crippen LogP contribution in [0.3, 0.4) is 0 Å². The zero-order valence-corrected chi connectivity index (χ0v) is 22.0. The van der Waals surface area contributed by atoms with Crippen LogP contribution in [0.15, 0.2) is 81.9 Å². The van der Waals surface area contributed by atoms with Gasteiger partial charge in [-0.3, -0.25) is 9.35 Å². The van der Waals surface area contributed by atoms with Gasteiger partial charge < -0.3 is 15.2 Å². The van der Waals surface area contributed by atoms with Crippen molar-refractivity contribution >= 4 is 55.5 Å². The van der Waals surface area contributed by atoms with Crippen molar-refractivity contribution in [1.29, 1.82) is 0 Å². The monoisotopic (exact) mass is 553 g/mol. The van der Waals surface area contributed by atoms with Gasteiger partial charge in [-0.15, -0.1) is 5.11 Å². The van der Waals surface area contributed by atoms with Gasteiger partial charge in [-0.25, -0.2) is 0 Å². The highest BCUT2D eigenvalue weighted by Gasteiger charge is 2.20. The van der Waals surface area contributed by atoms with E-state index >= 15 is 0 Å². The molecule has 0 aliphatic heterocycles. The van der Waals surface area contributed by atoms with Crippen molar-refractivity contribution in [2.24, 2.45) is 10.2 Å². The molecule has 0 fully saturated rings. The minimum Gasteiger partial charge on any atom is -0.505 e. The molecule has 0 atom stereocenters. The zero-order valence-electron chi connectivity index (χ0n) is 20.5. The van der Waals surface area contributed by atoms with Crippen molar-refractivity contribution < 1.29 is 27.6 Å². The molecule has 0 spiro atoms. The van der Waals surface area contributed by atoms with Crippen molar-refractivity contribution in [3.63, 3.8) is 0 Å². The molecule has 0 saturated heterocycles. The fourth-order valence-electron chi connectivity index (χ4n) is 3.88. The Kier molecular flexibility index (Phi) is 7.96. The first kappa shape index (κ1) is 27.1. The Morgan fingerprint density at radius 2 is 1.79 bits per heavy atom. The molecule has 0 radical (unpaired) electrons. The van der Waals surface area contributed by atoms with Crippen molar-refractivity contribution in [3.8, 4) is 11.5 Å². The molecule has 0 aliphatic carbocycles. The Balaban J connectivity index is 1.80. The Morgan fingerprint density at radius 1 is 1.03 bits per heavy atom. The molecular formula is C27H24ClN3O6S. The number of benzene rings is 4. The van der Waals surface area contributed by atoms with Crippen LogP contribution in [-0.2, 0) is 16.5 Å². The number of hydrogen-bond donors (Lipinski definition) is 3. The number of phenolic OH excluding ortho intramolecular Hbond substituents is 1. The summed E-state index contributed by atoms with van der Waals surface area (Å²) in [5, 5.41) is 23.2. The number of aromatic hydroxyl groups is 1. The number of ether oxygens (including phenoxy) is 1. The van der Waals surface area contributed by atoms with E-state index in [-0.39, 0.29) is 22.0 Å². The predicted molar refractivity (Wildman–Crippen MR) is 146 cm³/mol. The maximum absolute atomic E-state index is 13.2. The van der Waals surface area contributed by atoms with Crippen LogP contribution in [0.5, 0.6) is 11.5 Å². The van der Waals surface area contributed by atoms with Gasteiger partial charge in [-0.1, -0.05) is 48.9 Å². The summed E-state index contributed by atoms with van der Waals surface area (Å²) < 4.78 is 38.5. The lowest BCUT2D eigenvalue weighted by Gasteiger charge is -2.12. The van der Waals surface area contributed by atoms with Gasteiger partial charge in [-0.2, -0.15) is 13.5 Å². The lowest BCUT2D eigenvalue weighted by atomic mass is 10.0. The van der Waals surface area contributed by atoms with Crippen LogP contribution in [0.2, 0.25) is 5.02 Å². The number of nitrogens with zero attached hydrogens (tertiary/aromatic N) is 2. The summed E-state index contributed by atoms with van der Waals surface area (Å²) in [7, 11) is -4.61. The zero-order chi connectivity index (χ0) is 27.4. The Morgan fingerprint density at radius 3 is 2.50 bits per heavy atom. The maximum Gasteiger partial charge on any atom is 0.296 e. The number of azo groups is 1. The van der Waals surface area contributed by atoms with Crippen LogP contribution < -0.4 is 10.1 Å². The summed E-state index contributed by atoms with van der Waals surface area (Å²) in [6.45, 7) is 4.14. The van der Waals surface area contributed by atoms with Crippen molar-refractivity contribution in [2.75, 3.05) is 11.9 Å². The molecule has 1 amide bonds. The number of aryl methyl sites for hydroxylation is 1. The molecule has 9 nitrogen and oxygen atoms in total. The van der Waals surface area contributed by atoms with E-state index in [0.29, 0.717) is 40.8 Å². The van der Waals surface area contributed by atoms with Gasteiger partial charge in [0.2, 0.25) is 0 Å². The Hall–Kier alpha value is -3.99. The number of amides is 1. The molecular weight excluding hydrogens is 530 g/mol. The second-order valence-corrected chi connectivity index (χ2v) is 9.99. The van der Waals surface area contributed by atoms with Crippen LogP contribution in [0, 0.1) is 0 Å². The van der Waals surface area contributed by atoms with Gasteiger partial charge >= 0.3 is 0 Å². The Labute approximate surface area is 224 Å². The summed E-state index contributed by atoms with van der Waals surface area (Å²) in [5.41, 5.74) is 1.16. The molecule has 0 aliphatic rings. The average molecular weight is 554 g/mol. The third-order valence-corrected chi connectivity index (χ3v) is 7.01. The summed E-state index contributed by atoms with van der Waals surface area (Å²) in [6.07, 6.45) is 0.440. The normalized spacial score (nSPS) is 11.7. The van der Waals surface area contributed by atoms with Crippen molar-refractivity contribution in [3.05, 3.63) is 82.9 Å². The summed E-state index contributed by atoms with van der Waals surface area (Å²) in [5.74, 6) is -0.401. The molecule has 4 aromatic rings. The summed E-state index contributed by atoms with van der Waals surface area (Å²) in [6, 6.07) is 17.9. The minimum atomic E-state index is -4.61. The standard InChI is InChI=1S/C27H24ClN3O6S/c1-3-16-13-22(28)24(38(34,35)36)15-23(16)30-31-25-20-11-6-5-8-17(20)12-21(26(25)32)27(33)29-18-9-7-10-19(14-18)37-4-2/h5-15,32H,3-4H2,1-2H3,(H,29,33)(H,34,35,36). The fourth-order valence-corrected chi connectivity index (χ4v) is 4.93. The molecule has 4 aromatic carbocycles.